The van der Waals surface area contributed by atoms with Crippen LogP contribution in [-0.4, -0.2) is 28.5 Å². The molecule has 0 spiro atoms. The van der Waals surface area contributed by atoms with Gasteiger partial charge in [0, 0.05) is 24.2 Å². The fourth-order valence-corrected chi connectivity index (χ4v) is 3.03. The van der Waals surface area contributed by atoms with Crippen molar-refractivity contribution in [3.63, 3.8) is 0 Å². The van der Waals surface area contributed by atoms with Gasteiger partial charge in [-0.05, 0) is 37.3 Å². The maximum absolute atomic E-state index is 12.1. The first-order chi connectivity index (χ1) is 12.0. The Labute approximate surface area is 143 Å². The van der Waals surface area contributed by atoms with Gasteiger partial charge < -0.3 is 14.4 Å². The zero-order chi connectivity index (χ0) is 17.6. The van der Waals surface area contributed by atoms with Gasteiger partial charge in [-0.25, -0.2) is 4.98 Å². The van der Waals surface area contributed by atoms with Crippen molar-refractivity contribution < 1.29 is 19.1 Å². The normalized spacial score (nSPS) is 17.4. The van der Waals surface area contributed by atoms with Crippen molar-refractivity contribution in [2.75, 3.05) is 11.4 Å². The molecule has 0 bridgehead atoms. The number of amides is 1. The lowest BCUT2D eigenvalue weighted by Gasteiger charge is -2.15. The third kappa shape index (κ3) is 2.76. The van der Waals surface area contributed by atoms with Gasteiger partial charge >= 0.3 is 5.97 Å². The molecule has 126 valence electrons. The largest absolute Gasteiger partial charge is 0.481 e. The molecule has 1 atom stereocenters. The first kappa shape index (κ1) is 15.4. The number of anilines is 1. The summed E-state index contributed by atoms with van der Waals surface area (Å²) >= 11 is 0. The Hall–Kier alpha value is -3.15. The van der Waals surface area contributed by atoms with Crippen LogP contribution in [0.2, 0.25) is 0 Å². The lowest BCUT2D eigenvalue weighted by atomic mass is 10.1. The number of oxazole rings is 1. The number of aromatic nitrogens is 1. The molecule has 1 amide bonds. The first-order valence-electron chi connectivity index (χ1n) is 8.02. The highest BCUT2D eigenvalue weighted by Crippen LogP contribution is 2.30. The Morgan fingerprint density at radius 1 is 1.24 bits per heavy atom. The van der Waals surface area contributed by atoms with E-state index in [1.54, 1.807) is 18.2 Å². The summed E-state index contributed by atoms with van der Waals surface area (Å²) in [4.78, 5) is 29.2. The van der Waals surface area contributed by atoms with E-state index in [9.17, 15) is 9.59 Å². The van der Waals surface area contributed by atoms with Crippen LogP contribution in [0, 0.1) is 12.8 Å². The number of hydrogen-bond donors (Lipinski definition) is 1. The maximum atomic E-state index is 12.1. The van der Waals surface area contributed by atoms with E-state index in [0.29, 0.717) is 22.7 Å². The van der Waals surface area contributed by atoms with Crippen molar-refractivity contribution in [3.8, 4) is 11.5 Å². The van der Waals surface area contributed by atoms with Crippen LogP contribution < -0.4 is 4.90 Å². The molecular formula is C19H16N2O4. The number of benzene rings is 2. The Balaban J connectivity index is 1.68. The minimum absolute atomic E-state index is 0.0286. The molecule has 1 aliphatic heterocycles. The van der Waals surface area contributed by atoms with Crippen LogP contribution in [0.3, 0.4) is 0 Å². The molecule has 3 aromatic rings. The number of carboxylic acid groups (broad SMARTS) is 1. The molecule has 1 saturated heterocycles. The number of nitrogens with zero attached hydrogens (tertiary/aromatic N) is 2. The molecule has 1 fully saturated rings. The van der Waals surface area contributed by atoms with Gasteiger partial charge in [0.2, 0.25) is 11.8 Å². The van der Waals surface area contributed by atoms with Crippen LogP contribution in [-0.2, 0) is 9.59 Å². The molecule has 0 saturated carbocycles. The van der Waals surface area contributed by atoms with Crippen LogP contribution in [0.25, 0.3) is 22.6 Å². The van der Waals surface area contributed by atoms with Gasteiger partial charge in [0.1, 0.15) is 5.52 Å². The fourth-order valence-electron chi connectivity index (χ4n) is 3.03. The number of carbonyl (C=O) groups excluding carboxylic acids is 1. The van der Waals surface area contributed by atoms with Crippen molar-refractivity contribution in [1.82, 2.24) is 4.98 Å². The Morgan fingerprint density at radius 2 is 2.00 bits per heavy atom. The average molecular weight is 336 g/mol. The van der Waals surface area contributed by atoms with Crippen molar-refractivity contribution in [3.05, 3.63) is 48.0 Å². The zero-order valence-electron chi connectivity index (χ0n) is 13.6. The van der Waals surface area contributed by atoms with Gasteiger partial charge in [-0.2, -0.15) is 0 Å². The molecule has 1 N–H and O–H groups in total. The topological polar surface area (TPSA) is 83.6 Å². The van der Waals surface area contributed by atoms with Crippen molar-refractivity contribution >= 4 is 28.7 Å². The smallest absolute Gasteiger partial charge is 0.308 e. The second-order valence-corrected chi connectivity index (χ2v) is 6.28. The molecule has 25 heavy (non-hydrogen) atoms. The molecule has 2 aromatic carbocycles. The third-order valence-corrected chi connectivity index (χ3v) is 4.46. The number of fused-ring (bicyclic) bond motifs is 1. The lowest BCUT2D eigenvalue weighted by Crippen LogP contribution is -2.25. The Bertz CT molecular complexity index is 975. The van der Waals surface area contributed by atoms with Crippen LogP contribution in [0.15, 0.2) is 46.9 Å². The monoisotopic (exact) mass is 336 g/mol. The average Bonchev–Trinajstić information content (AvgIpc) is 3.18. The molecular weight excluding hydrogens is 320 g/mol. The van der Waals surface area contributed by atoms with E-state index in [1.165, 1.54) is 4.90 Å². The van der Waals surface area contributed by atoms with E-state index < -0.39 is 11.9 Å². The van der Waals surface area contributed by atoms with Gasteiger partial charge in [-0.1, -0.05) is 17.7 Å². The highest BCUT2D eigenvalue weighted by atomic mass is 16.4. The van der Waals surface area contributed by atoms with E-state index >= 15 is 0 Å². The standard InChI is InChI=1S/C19H16N2O4/c1-11-2-4-12(5-3-11)18-20-15-9-14(6-7-16(15)25-18)21-10-13(19(23)24)8-17(21)22/h2-7,9,13H,8,10H2,1H3,(H,23,24)/t13-/m1/s1. The number of hydrogen-bond acceptors (Lipinski definition) is 4. The van der Waals surface area contributed by atoms with Gasteiger partial charge in [0.25, 0.3) is 0 Å². The molecule has 2 heterocycles. The van der Waals surface area contributed by atoms with Gasteiger partial charge in [0.05, 0.1) is 5.92 Å². The molecule has 0 unspecified atom stereocenters. The Morgan fingerprint density at radius 3 is 2.68 bits per heavy atom. The number of rotatable bonds is 3. The maximum Gasteiger partial charge on any atom is 0.308 e. The molecule has 4 rings (SSSR count). The van der Waals surface area contributed by atoms with Gasteiger partial charge in [-0.15, -0.1) is 0 Å². The van der Waals surface area contributed by atoms with Crippen molar-refractivity contribution in [2.24, 2.45) is 5.92 Å². The third-order valence-electron chi connectivity index (χ3n) is 4.46. The van der Waals surface area contributed by atoms with Crippen LogP contribution in [0.4, 0.5) is 5.69 Å². The lowest BCUT2D eigenvalue weighted by molar-refractivity contribution is -0.141. The van der Waals surface area contributed by atoms with E-state index in [4.69, 9.17) is 9.52 Å². The van der Waals surface area contributed by atoms with Crippen LogP contribution in [0.5, 0.6) is 0 Å². The number of carboxylic acids is 1. The highest BCUT2D eigenvalue weighted by Gasteiger charge is 2.35. The van der Waals surface area contributed by atoms with Crippen molar-refractivity contribution in [2.45, 2.75) is 13.3 Å². The second-order valence-electron chi connectivity index (χ2n) is 6.28. The van der Waals surface area contributed by atoms with E-state index in [-0.39, 0.29) is 18.9 Å². The summed E-state index contributed by atoms with van der Waals surface area (Å²) in [6.45, 7) is 2.20. The summed E-state index contributed by atoms with van der Waals surface area (Å²) in [6, 6.07) is 13.2. The van der Waals surface area contributed by atoms with E-state index in [1.807, 2.05) is 31.2 Å². The molecule has 6 nitrogen and oxygen atoms in total. The minimum atomic E-state index is -0.944. The molecule has 0 aliphatic carbocycles. The molecule has 6 heteroatoms. The minimum Gasteiger partial charge on any atom is -0.481 e. The molecule has 0 radical (unpaired) electrons. The summed E-state index contributed by atoms with van der Waals surface area (Å²) in [5, 5.41) is 9.11. The number of aliphatic carboxylic acids is 1. The van der Waals surface area contributed by atoms with Crippen molar-refractivity contribution in [1.29, 1.82) is 0 Å². The summed E-state index contributed by atoms with van der Waals surface area (Å²) in [5.74, 6) is -1.28. The summed E-state index contributed by atoms with van der Waals surface area (Å²) in [5.41, 5.74) is 3.94. The fraction of sp³-hybridized carbons (Fsp3) is 0.211. The number of aryl methyl sites for hydroxylation is 1. The summed E-state index contributed by atoms with van der Waals surface area (Å²) < 4.78 is 5.79. The molecule has 1 aliphatic rings. The van der Waals surface area contributed by atoms with E-state index in [2.05, 4.69) is 4.98 Å². The predicted octanol–water partition coefficient (Wildman–Crippen LogP) is 3.24. The molecule has 1 aromatic heterocycles. The second kappa shape index (κ2) is 5.73. The summed E-state index contributed by atoms with van der Waals surface area (Å²) in [6.07, 6.45) is 0.0286. The van der Waals surface area contributed by atoms with Crippen LogP contribution >= 0.6 is 0 Å². The zero-order valence-corrected chi connectivity index (χ0v) is 13.6. The Kier molecular flexibility index (Phi) is 3.53. The first-order valence-corrected chi connectivity index (χ1v) is 8.02. The quantitative estimate of drug-likeness (QED) is 0.794. The summed E-state index contributed by atoms with van der Waals surface area (Å²) in [7, 11) is 0. The highest BCUT2D eigenvalue weighted by molar-refractivity contribution is 6.00. The van der Waals surface area contributed by atoms with E-state index in [0.717, 1.165) is 11.1 Å². The predicted molar refractivity (Wildman–Crippen MR) is 92.3 cm³/mol. The van der Waals surface area contributed by atoms with Gasteiger partial charge in [0.15, 0.2) is 5.58 Å². The van der Waals surface area contributed by atoms with Gasteiger partial charge in [-0.3, -0.25) is 9.59 Å². The number of carbonyl (C=O) groups is 2. The SMILES string of the molecule is Cc1ccc(-c2nc3cc(N4C[C@H](C(=O)O)CC4=O)ccc3o2)cc1. The van der Waals surface area contributed by atoms with Crippen LogP contribution in [0.1, 0.15) is 12.0 Å².